The second kappa shape index (κ2) is 5.36. The Hall–Kier alpha value is -0.610. The number of hydrogen-bond donors (Lipinski definition) is 0. The van der Waals surface area contributed by atoms with E-state index in [1.807, 2.05) is 30.3 Å². The van der Waals surface area contributed by atoms with Gasteiger partial charge in [-0.1, -0.05) is 30.0 Å². The number of methoxy groups -OCH3 is 1. The van der Waals surface area contributed by atoms with E-state index >= 15 is 0 Å². The molecule has 0 N–H and O–H groups in total. The van der Waals surface area contributed by atoms with Crippen LogP contribution in [-0.2, 0) is 0 Å². The summed E-state index contributed by atoms with van der Waals surface area (Å²) in [5.41, 5.74) is 2.02. The third-order valence-corrected chi connectivity index (χ3v) is 3.62. The number of ether oxygens (including phenoxy) is 1. The van der Waals surface area contributed by atoms with E-state index in [2.05, 4.69) is 17.4 Å². The summed E-state index contributed by atoms with van der Waals surface area (Å²) in [6.07, 6.45) is 0. The Morgan fingerprint density at radius 1 is 1.00 bits per heavy atom. The van der Waals surface area contributed by atoms with Crippen molar-refractivity contribution in [3.05, 3.63) is 47.8 Å². The van der Waals surface area contributed by atoms with Crippen molar-refractivity contribution in [2.24, 2.45) is 0 Å². The van der Waals surface area contributed by atoms with Gasteiger partial charge in [0.1, 0.15) is 5.75 Å². The van der Waals surface area contributed by atoms with Crippen LogP contribution in [0.1, 0.15) is 0 Å². The largest absolute Gasteiger partial charge is 1.00 e. The Kier molecular flexibility index (Phi) is 4.05. The number of benzene rings is 2. The molecule has 0 fully saturated rings. The minimum Gasteiger partial charge on any atom is -0.656 e. The molecular formula is C13H10NNaOS. The molecule has 4 heteroatoms. The van der Waals surface area contributed by atoms with Gasteiger partial charge in [0.05, 0.1) is 7.11 Å². The van der Waals surface area contributed by atoms with E-state index in [9.17, 15) is 0 Å². The summed E-state index contributed by atoms with van der Waals surface area (Å²) >= 11 is 1.75. The molecule has 0 saturated carbocycles. The van der Waals surface area contributed by atoms with Gasteiger partial charge < -0.3 is 10.1 Å². The Morgan fingerprint density at radius 2 is 1.76 bits per heavy atom. The zero-order chi connectivity index (χ0) is 11.0. The molecule has 0 saturated heterocycles. The fraction of sp³-hybridized carbons (Fsp3) is 0.0769. The fourth-order valence-corrected chi connectivity index (χ4v) is 2.63. The van der Waals surface area contributed by atoms with Gasteiger partial charge in [-0.05, 0) is 34.1 Å². The quantitative estimate of drug-likeness (QED) is 0.612. The van der Waals surface area contributed by atoms with E-state index in [0.717, 1.165) is 17.1 Å². The van der Waals surface area contributed by atoms with Gasteiger partial charge in [-0.25, -0.2) is 0 Å². The van der Waals surface area contributed by atoms with Crippen LogP contribution >= 0.6 is 11.8 Å². The first kappa shape index (κ1) is 12.8. The Morgan fingerprint density at radius 3 is 2.59 bits per heavy atom. The molecule has 1 aliphatic heterocycles. The summed E-state index contributed by atoms with van der Waals surface area (Å²) in [5.74, 6) is 0.850. The van der Waals surface area contributed by atoms with E-state index in [-0.39, 0.29) is 29.6 Å². The van der Waals surface area contributed by atoms with Crippen molar-refractivity contribution >= 4 is 23.1 Å². The average Bonchev–Trinajstić information content (AvgIpc) is 2.35. The van der Waals surface area contributed by atoms with Crippen LogP contribution in [-0.4, -0.2) is 7.11 Å². The predicted molar refractivity (Wildman–Crippen MR) is 66.2 cm³/mol. The van der Waals surface area contributed by atoms with Crippen molar-refractivity contribution in [1.29, 1.82) is 0 Å². The molecule has 0 spiro atoms. The molecule has 0 aromatic heterocycles. The standard InChI is InChI=1S/C13H10NOS.Na/c1-15-9-6-7-13-11(8-9)14-10-4-2-3-5-12(10)16-13;/h2-8H,1H3;/q-1;+1. The van der Waals surface area contributed by atoms with Gasteiger partial charge in [0.15, 0.2) is 0 Å². The van der Waals surface area contributed by atoms with Crippen LogP contribution in [0.25, 0.3) is 5.32 Å². The number of fused-ring (bicyclic) bond motifs is 2. The zero-order valence-corrected chi connectivity index (χ0v) is 12.6. The third kappa shape index (κ3) is 2.47. The van der Waals surface area contributed by atoms with Crippen LogP contribution in [0.5, 0.6) is 5.75 Å². The number of para-hydroxylation sites is 1. The number of rotatable bonds is 1. The molecule has 0 radical (unpaired) electrons. The summed E-state index contributed by atoms with van der Waals surface area (Å²) in [6.45, 7) is 0. The van der Waals surface area contributed by atoms with Crippen molar-refractivity contribution in [1.82, 2.24) is 0 Å². The average molecular weight is 251 g/mol. The number of hydrogen-bond acceptors (Lipinski definition) is 2. The van der Waals surface area contributed by atoms with Gasteiger partial charge in [0, 0.05) is 0 Å². The van der Waals surface area contributed by atoms with Crippen LogP contribution in [0.2, 0.25) is 0 Å². The molecular weight excluding hydrogens is 241 g/mol. The van der Waals surface area contributed by atoms with Crippen molar-refractivity contribution in [3.63, 3.8) is 0 Å². The minimum absolute atomic E-state index is 0. The van der Waals surface area contributed by atoms with E-state index in [4.69, 9.17) is 4.74 Å². The van der Waals surface area contributed by atoms with Crippen molar-refractivity contribution in [2.45, 2.75) is 9.79 Å². The van der Waals surface area contributed by atoms with Crippen LogP contribution in [0.4, 0.5) is 11.4 Å². The van der Waals surface area contributed by atoms with Crippen LogP contribution < -0.4 is 34.3 Å². The molecule has 0 unspecified atom stereocenters. The van der Waals surface area contributed by atoms with Crippen molar-refractivity contribution in [2.75, 3.05) is 7.11 Å². The van der Waals surface area contributed by atoms with E-state index in [0.29, 0.717) is 0 Å². The minimum atomic E-state index is 0. The van der Waals surface area contributed by atoms with Gasteiger partial charge in [0.25, 0.3) is 0 Å². The van der Waals surface area contributed by atoms with Gasteiger partial charge in [-0.2, -0.15) is 0 Å². The fourth-order valence-electron chi connectivity index (χ4n) is 1.68. The number of nitrogens with zero attached hydrogens (tertiary/aromatic N) is 1. The summed E-state index contributed by atoms with van der Waals surface area (Å²) in [4.78, 5) is 2.39. The maximum absolute atomic E-state index is 5.20. The second-order valence-electron chi connectivity index (χ2n) is 3.52. The molecule has 0 atom stereocenters. The summed E-state index contributed by atoms with van der Waals surface area (Å²) in [6, 6.07) is 14.2. The first-order valence-corrected chi connectivity index (χ1v) is 5.85. The first-order valence-electron chi connectivity index (χ1n) is 5.03. The van der Waals surface area contributed by atoms with Crippen molar-refractivity contribution < 1.29 is 34.3 Å². The van der Waals surface area contributed by atoms with E-state index in [1.54, 1.807) is 18.9 Å². The van der Waals surface area contributed by atoms with Crippen LogP contribution in [0.15, 0.2) is 52.3 Å². The topological polar surface area (TPSA) is 23.3 Å². The van der Waals surface area contributed by atoms with Gasteiger partial charge >= 0.3 is 29.6 Å². The maximum atomic E-state index is 5.20. The van der Waals surface area contributed by atoms with Crippen LogP contribution in [0.3, 0.4) is 0 Å². The second-order valence-corrected chi connectivity index (χ2v) is 4.60. The van der Waals surface area contributed by atoms with E-state index < -0.39 is 0 Å². The first-order chi connectivity index (χ1) is 7.86. The molecule has 1 heterocycles. The third-order valence-electron chi connectivity index (χ3n) is 2.49. The normalized spacial score (nSPS) is 11.6. The molecule has 17 heavy (non-hydrogen) atoms. The van der Waals surface area contributed by atoms with Crippen molar-refractivity contribution in [3.8, 4) is 5.75 Å². The molecule has 2 aromatic rings. The van der Waals surface area contributed by atoms with Gasteiger partial charge in [-0.15, -0.1) is 11.4 Å². The zero-order valence-electron chi connectivity index (χ0n) is 9.81. The summed E-state index contributed by atoms with van der Waals surface area (Å²) < 4.78 is 5.20. The molecule has 3 rings (SSSR count). The molecule has 2 nitrogen and oxygen atoms in total. The molecule has 1 aliphatic rings. The molecule has 0 amide bonds. The smallest absolute Gasteiger partial charge is 0.656 e. The SMILES string of the molecule is COc1ccc2c(c1)[N-]c1ccccc1S2.[Na+]. The molecule has 80 valence electrons. The van der Waals surface area contributed by atoms with Crippen LogP contribution in [0, 0.1) is 0 Å². The summed E-state index contributed by atoms with van der Waals surface area (Å²) in [7, 11) is 1.67. The summed E-state index contributed by atoms with van der Waals surface area (Å²) in [5, 5.41) is 4.62. The maximum Gasteiger partial charge on any atom is 1.00 e. The molecule has 0 bridgehead atoms. The Balaban J connectivity index is 0.00000108. The monoisotopic (exact) mass is 251 g/mol. The van der Waals surface area contributed by atoms with Gasteiger partial charge in [0.2, 0.25) is 0 Å². The van der Waals surface area contributed by atoms with Gasteiger partial charge in [-0.3, -0.25) is 0 Å². The molecule has 2 aromatic carbocycles. The Labute approximate surface area is 127 Å². The predicted octanol–water partition coefficient (Wildman–Crippen LogP) is 1.50. The Bertz CT molecular complexity index is 545. The van der Waals surface area contributed by atoms with E-state index in [1.165, 1.54) is 9.79 Å². The molecule has 0 aliphatic carbocycles.